The minimum absolute atomic E-state index is 0.358. The van der Waals surface area contributed by atoms with Crippen LogP contribution in [0.5, 0.6) is 0 Å². The molecule has 0 radical (unpaired) electrons. The Balaban J connectivity index is 2.31. The molecular formula is C15H22Br2O. The molecule has 0 aliphatic rings. The molecule has 3 heteroatoms. The second-order valence-corrected chi connectivity index (χ2v) is 6.51. The summed E-state index contributed by atoms with van der Waals surface area (Å²) in [6.45, 7) is 2.23. The highest BCUT2D eigenvalue weighted by Crippen LogP contribution is 2.29. The standard InChI is InChI=1S/C15H22Br2O/c1-2-3-4-5-6-7-8-15(18)13-11-12(16)9-10-14(13)17/h9-11,15,18H,2-8H2,1H3. The van der Waals surface area contributed by atoms with Crippen molar-refractivity contribution in [3.05, 3.63) is 32.7 Å². The van der Waals surface area contributed by atoms with Crippen LogP contribution in [0.15, 0.2) is 27.1 Å². The van der Waals surface area contributed by atoms with Crippen molar-refractivity contribution >= 4 is 31.9 Å². The van der Waals surface area contributed by atoms with E-state index in [1.807, 2.05) is 18.2 Å². The predicted octanol–water partition coefficient (Wildman–Crippen LogP) is 6.00. The van der Waals surface area contributed by atoms with E-state index in [1.165, 1.54) is 32.1 Å². The van der Waals surface area contributed by atoms with Gasteiger partial charge in [-0.05, 0) is 30.2 Å². The van der Waals surface area contributed by atoms with Crippen molar-refractivity contribution in [2.75, 3.05) is 0 Å². The number of aliphatic hydroxyl groups is 1. The summed E-state index contributed by atoms with van der Waals surface area (Å²) in [6, 6.07) is 5.95. The van der Waals surface area contributed by atoms with E-state index in [9.17, 15) is 5.11 Å². The summed E-state index contributed by atoms with van der Waals surface area (Å²) >= 11 is 6.94. The normalized spacial score (nSPS) is 12.7. The first kappa shape index (κ1) is 16.2. The molecule has 0 spiro atoms. The maximum atomic E-state index is 10.2. The molecule has 0 bridgehead atoms. The zero-order valence-electron chi connectivity index (χ0n) is 11.0. The van der Waals surface area contributed by atoms with E-state index in [1.54, 1.807) is 0 Å². The average molecular weight is 378 g/mol. The molecule has 1 rings (SSSR count). The average Bonchev–Trinajstić information content (AvgIpc) is 2.36. The Kier molecular flexibility index (Phi) is 8.20. The number of aliphatic hydroxyl groups excluding tert-OH is 1. The fraction of sp³-hybridized carbons (Fsp3) is 0.600. The van der Waals surface area contributed by atoms with E-state index in [0.29, 0.717) is 0 Å². The lowest BCUT2D eigenvalue weighted by Crippen LogP contribution is -1.98. The zero-order chi connectivity index (χ0) is 13.4. The lowest BCUT2D eigenvalue weighted by Gasteiger charge is -2.13. The molecule has 1 N–H and O–H groups in total. The van der Waals surface area contributed by atoms with Crippen LogP contribution in [0.1, 0.15) is 63.5 Å². The Morgan fingerprint density at radius 2 is 1.72 bits per heavy atom. The number of hydrogen-bond donors (Lipinski definition) is 1. The van der Waals surface area contributed by atoms with Crippen LogP contribution in [0.2, 0.25) is 0 Å². The van der Waals surface area contributed by atoms with Gasteiger partial charge in [-0.15, -0.1) is 0 Å². The Bertz CT molecular complexity index is 352. The van der Waals surface area contributed by atoms with Gasteiger partial charge < -0.3 is 5.11 Å². The van der Waals surface area contributed by atoms with Gasteiger partial charge in [0.15, 0.2) is 0 Å². The van der Waals surface area contributed by atoms with Gasteiger partial charge in [0.25, 0.3) is 0 Å². The third-order valence-corrected chi connectivity index (χ3v) is 4.36. The molecule has 1 nitrogen and oxygen atoms in total. The molecule has 1 atom stereocenters. The van der Waals surface area contributed by atoms with Crippen LogP contribution in [-0.2, 0) is 0 Å². The first-order valence-electron chi connectivity index (χ1n) is 6.78. The van der Waals surface area contributed by atoms with Crippen LogP contribution in [0.25, 0.3) is 0 Å². The first-order valence-corrected chi connectivity index (χ1v) is 8.36. The fourth-order valence-corrected chi connectivity index (χ4v) is 2.93. The van der Waals surface area contributed by atoms with Gasteiger partial charge in [0.05, 0.1) is 6.10 Å². The van der Waals surface area contributed by atoms with Crippen molar-refractivity contribution in [2.45, 2.75) is 58.0 Å². The van der Waals surface area contributed by atoms with Crippen LogP contribution < -0.4 is 0 Å². The van der Waals surface area contributed by atoms with E-state index < -0.39 is 0 Å². The number of unbranched alkanes of at least 4 members (excludes halogenated alkanes) is 5. The molecular weight excluding hydrogens is 356 g/mol. The van der Waals surface area contributed by atoms with Gasteiger partial charge in [-0.1, -0.05) is 77.3 Å². The van der Waals surface area contributed by atoms with Gasteiger partial charge >= 0.3 is 0 Å². The Morgan fingerprint density at radius 3 is 2.44 bits per heavy atom. The summed E-state index contributed by atoms with van der Waals surface area (Å²) in [6.07, 6.45) is 8.05. The van der Waals surface area contributed by atoms with E-state index in [4.69, 9.17) is 0 Å². The van der Waals surface area contributed by atoms with Crippen molar-refractivity contribution in [1.29, 1.82) is 0 Å². The molecule has 18 heavy (non-hydrogen) atoms. The van der Waals surface area contributed by atoms with Crippen molar-refractivity contribution in [3.63, 3.8) is 0 Å². The molecule has 0 aliphatic carbocycles. The van der Waals surface area contributed by atoms with Gasteiger partial charge in [-0.3, -0.25) is 0 Å². The van der Waals surface area contributed by atoms with Crippen LogP contribution in [0.3, 0.4) is 0 Å². The first-order chi connectivity index (χ1) is 8.65. The molecule has 102 valence electrons. The zero-order valence-corrected chi connectivity index (χ0v) is 14.1. The maximum absolute atomic E-state index is 10.2. The number of halogens is 2. The quantitative estimate of drug-likeness (QED) is 0.551. The lowest BCUT2D eigenvalue weighted by molar-refractivity contribution is 0.162. The molecule has 0 amide bonds. The van der Waals surface area contributed by atoms with Gasteiger partial charge in [0.1, 0.15) is 0 Å². The van der Waals surface area contributed by atoms with E-state index in [-0.39, 0.29) is 6.10 Å². The van der Waals surface area contributed by atoms with Gasteiger partial charge in [-0.25, -0.2) is 0 Å². The fourth-order valence-electron chi connectivity index (χ4n) is 2.04. The smallest absolute Gasteiger partial charge is 0.0801 e. The van der Waals surface area contributed by atoms with Crippen molar-refractivity contribution in [3.8, 4) is 0 Å². The summed E-state index contributed by atoms with van der Waals surface area (Å²) in [5.41, 5.74) is 0.984. The van der Waals surface area contributed by atoms with Gasteiger partial charge in [0.2, 0.25) is 0 Å². The highest BCUT2D eigenvalue weighted by atomic mass is 79.9. The Morgan fingerprint density at radius 1 is 1.06 bits per heavy atom. The molecule has 0 saturated carbocycles. The third kappa shape index (κ3) is 5.85. The van der Waals surface area contributed by atoms with Crippen molar-refractivity contribution < 1.29 is 5.11 Å². The van der Waals surface area contributed by atoms with Gasteiger partial charge in [0, 0.05) is 8.95 Å². The molecule has 0 heterocycles. The Labute approximate surface area is 127 Å². The minimum atomic E-state index is -0.358. The van der Waals surface area contributed by atoms with Crippen LogP contribution >= 0.6 is 31.9 Å². The molecule has 0 saturated heterocycles. The van der Waals surface area contributed by atoms with E-state index in [0.717, 1.165) is 27.4 Å². The van der Waals surface area contributed by atoms with E-state index >= 15 is 0 Å². The highest BCUT2D eigenvalue weighted by Gasteiger charge is 2.11. The second kappa shape index (κ2) is 9.11. The van der Waals surface area contributed by atoms with Crippen LogP contribution in [-0.4, -0.2) is 5.11 Å². The van der Waals surface area contributed by atoms with Crippen molar-refractivity contribution in [2.24, 2.45) is 0 Å². The Hall–Kier alpha value is 0.140. The molecule has 1 aromatic carbocycles. The highest BCUT2D eigenvalue weighted by molar-refractivity contribution is 9.11. The predicted molar refractivity (Wildman–Crippen MR) is 84.8 cm³/mol. The van der Waals surface area contributed by atoms with Gasteiger partial charge in [-0.2, -0.15) is 0 Å². The molecule has 0 aromatic heterocycles. The molecule has 0 aliphatic heterocycles. The third-order valence-electron chi connectivity index (χ3n) is 3.15. The molecule has 1 unspecified atom stereocenters. The second-order valence-electron chi connectivity index (χ2n) is 4.74. The molecule has 0 fully saturated rings. The lowest BCUT2D eigenvalue weighted by atomic mass is 10.0. The van der Waals surface area contributed by atoms with E-state index in [2.05, 4.69) is 38.8 Å². The van der Waals surface area contributed by atoms with Crippen LogP contribution in [0.4, 0.5) is 0 Å². The summed E-state index contributed by atoms with van der Waals surface area (Å²) in [5, 5.41) is 10.2. The minimum Gasteiger partial charge on any atom is -0.388 e. The number of rotatable bonds is 8. The SMILES string of the molecule is CCCCCCCCC(O)c1cc(Br)ccc1Br. The molecule has 1 aromatic rings. The van der Waals surface area contributed by atoms with Crippen molar-refractivity contribution in [1.82, 2.24) is 0 Å². The monoisotopic (exact) mass is 376 g/mol. The number of benzene rings is 1. The topological polar surface area (TPSA) is 20.2 Å². The summed E-state index contributed by atoms with van der Waals surface area (Å²) in [4.78, 5) is 0. The summed E-state index contributed by atoms with van der Waals surface area (Å²) in [5.74, 6) is 0. The van der Waals surface area contributed by atoms with Crippen LogP contribution in [0, 0.1) is 0 Å². The summed E-state index contributed by atoms with van der Waals surface area (Å²) < 4.78 is 2.01. The largest absolute Gasteiger partial charge is 0.388 e. The number of hydrogen-bond acceptors (Lipinski definition) is 1. The summed E-state index contributed by atoms with van der Waals surface area (Å²) in [7, 11) is 0. The maximum Gasteiger partial charge on any atom is 0.0801 e.